The van der Waals surface area contributed by atoms with E-state index >= 15 is 0 Å². The Morgan fingerprint density at radius 2 is 2.14 bits per heavy atom. The van der Waals surface area contributed by atoms with E-state index in [0.717, 1.165) is 16.4 Å². The van der Waals surface area contributed by atoms with Crippen molar-refractivity contribution in [2.45, 2.75) is 25.7 Å². The average molecular weight is 321 g/mol. The molecule has 0 aliphatic carbocycles. The predicted molar refractivity (Wildman–Crippen MR) is 84.5 cm³/mol. The molecule has 0 unspecified atom stereocenters. The van der Waals surface area contributed by atoms with Crippen molar-refractivity contribution in [3.8, 4) is 10.7 Å². The van der Waals surface area contributed by atoms with Crippen LogP contribution in [0.15, 0.2) is 29.8 Å². The molecule has 2 aromatic heterocycles. The summed E-state index contributed by atoms with van der Waals surface area (Å²) < 4.78 is 10.2. The molecule has 0 spiro atoms. The number of amides is 1. The molecule has 118 valence electrons. The first kappa shape index (κ1) is 16.5. The molecular formula is C15H19N3O3S. The topological polar surface area (TPSA) is 73.3 Å². The van der Waals surface area contributed by atoms with E-state index in [4.69, 9.17) is 9.47 Å². The molecule has 0 saturated carbocycles. The third-order valence-electron chi connectivity index (χ3n) is 3.04. The first-order chi connectivity index (χ1) is 10.6. The second-order valence-electron chi connectivity index (χ2n) is 4.73. The van der Waals surface area contributed by atoms with E-state index in [1.165, 1.54) is 25.6 Å². The summed E-state index contributed by atoms with van der Waals surface area (Å²) in [6.45, 7) is 1.83. The van der Waals surface area contributed by atoms with Crippen molar-refractivity contribution in [1.29, 1.82) is 0 Å². The summed E-state index contributed by atoms with van der Waals surface area (Å²) in [6.07, 6.45) is 1.47. The molecule has 0 aromatic carbocycles. The minimum absolute atomic E-state index is 0.121. The van der Waals surface area contributed by atoms with E-state index in [2.05, 4.69) is 15.3 Å². The lowest BCUT2D eigenvalue weighted by molar-refractivity contribution is -0.135. The summed E-state index contributed by atoms with van der Waals surface area (Å²) >= 11 is 1.48. The molecule has 2 aromatic rings. The Morgan fingerprint density at radius 1 is 1.36 bits per heavy atom. The Balaban J connectivity index is 1.94. The van der Waals surface area contributed by atoms with Gasteiger partial charge in [0.2, 0.25) is 5.91 Å². The standard InChI is InChI=1S/C15H19N3O3S/c1-10(15(20-2)21-3)17-13(19)8-11-9-22-14(18-11)12-6-4-5-7-16-12/h4-7,9-10,15H,8H2,1-3H3,(H,17,19)/t10-/m1/s1. The van der Waals surface area contributed by atoms with Gasteiger partial charge in [0.05, 0.1) is 23.9 Å². The molecule has 1 amide bonds. The number of hydrogen-bond donors (Lipinski definition) is 1. The van der Waals surface area contributed by atoms with Gasteiger partial charge in [0, 0.05) is 25.8 Å². The zero-order chi connectivity index (χ0) is 15.9. The van der Waals surface area contributed by atoms with Crippen molar-refractivity contribution >= 4 is 17.2 Å². The van der Waals surface area contributed by atoms with Gasteiger partial charge in [-0.3, -0.25) is 9.78 Å². The lowest BCUT2D eigenvalue weighted by Gasteiger charge is -2.21. The van der Waals surface area contributed by atoms with E-state index in [1.54, 1.807) is 6.20 Å². The first-order valence-corrected chi connectivity index (χ1v) is 7.72. The number of rotatable bonds is 7. The van der Waals surface area contributed by atoms with Crippen molar-refractivity contribution in [3.05, 3.63) is 35.5 Å². The summed E-state index contributed by atoms with van der Waals surface area (Å²) in [5.74, 6) is -0.121. The fraction of sp³-hybridized carbons (Fsp3) is 0.400. The van der Waals surface area contributed by atoms with Crippen molar-refractivity contribution in [2.75, 3.05) is 14.2 Å². The Labute approximate surface area is 133 Å². The SMILES string of the molecule is COC(OC)[C@@H](C)NC(=O)Cc1csc(-c2ccccn2)n1. The Kier molecular flexibility index (Phi) is 6.00. The minimum Gasteiger partial charge on any atom is -0.354 e. The lowest BCUT2D eigenvalue weighted by atomic mass is 10.2. The van der Waals surface area contributed by atoms with Gasteiger partial charge in [-0.25, -0.2) is 4.98 Å². The summed E-state index contributed by atoms with van der Waals surface area (Å²) in [5, 5.41) is 5.52. The van der Waals surface area contributed by atoms with Crippen LogP contribution in [-0.2, 0) is 20.7 Å². The molecule has 0 aliphatic heterocycles. The summed E-state index contributed by atoms with van der Waals surface area (Å²) in [7, 11) is 3.08. The molecule has 0 fully saturated rings. The molecule has 7 heteroatoms. The molecule has 1 atom stereocenters. The van der Waals surface area contributed by atoms with Crippen LogP contribution in [0.4, 0.5) is 0 Å². The average Bonchev–Trinajstić information content (AvgIpc) is 2.97. The number of nitrogens with zero attached hydrogens (tertiary/aromatic N) is 2. The number of methoxy groups -OCH3 is 2. The van der Waals surface area contributed by atoms with Crippen molar-refractivity contribution in [2.24, 2.45) is 0 Å². The minimum atomic E-state index is -0.469. The highest BCUT2D eigenvalue weighted by Crippen LogP contribution is 2.21. The maximum absolute atomic E-state index is 12.0. The van der Waals surface area contributed by atoms with Crippen LogP contribution < -0.4 is 5.32 Å². The molecule has 2 rings (SSSR count). The zero-order valence-corrected chi connectivity index (χ0v) is 13.6. The van der Waals surface area contributed by atoms with E-state index in [9.17, 15) is 4.79 Å². The van der Waals surface area contributed by atoms with Gasteiger partial charge in [0.25, 0.3) is 0 Å². The maximum Gasteiger partial charge on any atom is 0.226 e. The smallest absolute Gasteiger partial charge is 0.226 e. The zero-order valence-electron chi connectivity index (χ0n) is 12.8. The van der Waals surface area contributed by atoms with Gasteiger partial charge in [-0.05, 0) is 19.1 Å². The van der Waals surface area contributed by atoms with Crippen LogP contribution >= 0.6 is 11.3 Å². The Bertz CT molecular complexity index is 599. The monoisotopic (exact) mass is 321 g/mol. The van der Waals surface area contributed by atoms with E-state index in [0.29, 0.717) is 0 Å². The molecular weight excluding hydrogens is 302 g/mol. The van der Waals surface area contributed by atoms with Gasteiger partial charge in [0.15, 0.2) is 6.29 Å². The first-order valence-electron chi connectivity index (χ1n) is 6.84. The number of pyridine rings is 1. The summed E-state index contributed by atoms with van der Waals surface area (Å²) in [5.41, 5.74) is 1.54. The Hall–Kier alpha value is -1.83. The van der Waals surface area contributed by atoms with Crippen molar-refractivity contribution in [1.82, 2.24) is 15.3 Å². The molecule has 0 saturated heterocycles. The largest absolute Gasteiger partial charge is 0.354 e. The van der Waals surface area contributed by atoms with Crippen LogP contribution in [-0.4, -0.2) is 42.4 Å². The van der Waals surface area contributed by atoms with Crippen LogP contribution in [0.25, 0.3) is 10.7 Å². The number of carbonyl (C=O) groups is 1. The van der Waals surface area contributed by atoms with Gasteiger partial charge >= 0.3 is 0 Å². The van der Waals surface area contributed by atoms with Crippen LogP contribution in [0.2, 0.25) is 0 Å². The number of hydrogen-bond acceptors (Lipinski definition) is 6. The lowest BCUT2D eigenvalue weighted by Crippen LogP contribution is -2.43. The van der Waals surface area contributed by atoms with Gasteiger partial charge in [-0.1, -0.05) is 6.07 Å². The van der Waals surface area contributed by atoms with Gasteiger partial charge in [-0.15, -0.1) is 11.3 Å². The molecule has 6 nitrogen and oxygen atoms in total. The highest BCUT2D eigenvalue weighted by Gasteiger charge is 2.18. The highest BCUT2D eigenvalue weighted by atomic mass is 32.1. The van der Waals surface area contributed by atoms with E-state index in [-0.39, 0.29) is 18.4 Å². The van der Waals surface area contributed by atoms with Gasteiger partial charge < -0.3 is 14.8 Å². The number of aromatic nitrogens is 2. The third kappa shape index (κ3) is 4.33. The second-order valence-corrected chi connectivity index (χ2v) is 5.59. The van der Waals surface area contributed by atoms with Gasteiger partial charge in [0.1, 0.15) is 5.01 Å². The fourth-order valence-electron chi connectivity index (χ4n) is 2.04. The molecule has 0 bridgehead atoms. The normalized spacial score (nSPS) is 12.4. The van der Waals surface area contributed by atoms with E-state index < -0.39 is 6.29 Å². The fourth-order valence-corrected chi connectivity index (χ4v) is 2.83. The number of ether oxygens (including phenoxy) is 2. The molecule has 1 N–H and O–H groups in total. The van der Waals surface area contributed by atoms with Crippen molar-refractivity contribution < 1.29 is 14.3 Å². The molecule has 22 heavy (non-hydrogen) atoms. The van der Waals surface area contributed by atoms with Crippen LogP contribution in [0.5, 0.6) is 0 Å². The number of nitrogens with one attached hydrogen (secondary N) is 1. The Morgan fingerprint density at radius 3 is 2.77 bits per heavy atom. The maximum atomic E-state index is 12.0. The summed E-state index contributed by atoms with van der Waals surface area (Å²) in [6, 6.07) is 5.42. The second kappa shape index (κ2) is 7.98. The molecule has 2 heterocycles. The number of thiazole rings is 1. The highest BCUT2D eigenvalue weighted by molar-refractivity contribution is 7.13. The molecule has 0 radical (unpaired) electrons. The third-order valence-corrected chi connectivity index (χ3v) is 3.95. The summed E-state index contributed by atoms with van der Waals surface area (Å²) in [4.78, 5) is 20.7. The molecule has 0 aliphatic rings. The van der Waals surface area contributed by atoms with Crippen LogP contribution in [0.1, 0.15) is 12.6 Å². The van der Waals surface area contributed by atoms with E-state index in [1.807, 2.05) is 30.5 Å². The predicted octanol–water partition coefficient (Wildman–Crippen LogP) is 1.87. The van der Waals surface area contributed by atoms with Crippen LogP contribution in [0, 0.1) is 0 Å². The number of carbonyl (C=O) groups excluding carboxylic acids is 1. The quantitative estimate of drug-likeness (QED) is 0.788. The van der Waals surface area contributed by atoms with Crippen molar-refractivity contribution in [3.63, 3.8) is 0 Å². The van der Waals surface area contributed by atoms with Gasteiger partial charge in [-0.2, -0.15) is 0 Å². The van der Waals surface area contributed by atoms with Crippen LogP contribution in [0.3, 0.4) is 0 Å².